The van der Waals surface area contributed by atoms with Crippen molar-refractivity contribution in [3.05, 3.63) is 23.3 Å². The van der Waals surface area contributed by atoms with Gasteiger partial charge in [-0.2, -0.15) is 0 Å². The van der Waals surface area contributed by atoms with Crippen LogP contribution < -0.4 is 14.8 Å². The van der Waals surface area contributed by atoms with E-state index < -0.39 is 0 Å². The standard InChI is InChI=1S/C14H19NO2/c1-2-11-12(10-4-3-7-15-8-10)5-6-13-14(11)17-9-16-13/h5-6,10,15H,2-4,7-9H2,1H3. The SMILES string of the molecule is CCc1c(C2CCCNC2)ccc2c1OCO2. The smallest absolute Gasteiger partial charge is 0.231 e. The Morgan fingerprint density at radius 3 is 3.06 bits per heavy atom. The van der Waals surface area contributed by atoms with Crippen LogP contribution in [0.15, 0.2) is 12.1 Å². The zero-order valence-corrected chi connectivity index (χ0v) is 10.3. The third-order valence-corrected chi connectivity index (χ3v) is 3.77. The largest absolute Gasteiger partial charge is 0.454 e. The highest BCUT2D eigenvalue weighted by atomic mass is 16.7. The maximum absolute atomic E-state index is 5.61. The minimum atomic E-state index is 0.370. The third kappa shape index (κ3) is 1.89. The molecule has 1 unspecified atom stereocenters. The monoisotopic (exact) mass is 233 g/mol. The molecule has 1 N–H and O–H groups in total. The van der Waals surface area contributed by atoms with E-state index in [4.69, 9.17) is 9.47 Å². The summed E-state index contributed by atoms with van der Waals surface area (Å²) in [5.74, 6) is 2.53. The molecule has 1 saturated heterocycles. The fourth-order valence-corrected chi connectivity index (χ4v) is 2.91. The number of ether oxygens (including phenoxy) is 2. The Morgan fingerprint density at radius 1 is 1.35 bits per heavy atom. The van der Waals surface area contributed by atoms with Crippen molar-refractivity contribution in [3.63, 3.8) is 0 Å². The molecule has 0 spiro atoms. The molecular formula is C14H19NO2. The van der Waals surface area contributed by atoms with Gasteiger partial charge in [0.15, 0.2) is 11.5 Å². The van der Waals surface area contributed by atoms with E-state index in [9.17, 15) is 0 Å². The van der Waals surface area contributed by atoms with Gasteiger partial charge in [0.25, 0.3) is 0 Å². The van der Waals surface area contributed by atoms with Gasteiger partial charge in [-0.15, -0.1) is 0 Å². The average molecular weight is 233 g/mol. The van der Waals surface area contributed by atoms with Crippen LogP contribution in [0.3, 0.4) is 0 Å². The van der Waals surface area contributed by atoms with Gasteiger partial charge < -0.3 is 14.8 Å². The van der Waals surface area contributed by atoms with Crippen LogP contribution in [0.5, 0.6) is 11.5 Å². The second-order valence-corrected chi connectivity index (χ2v) is 4.76. The molecular weight excluding hydrogens is 214 g/mol. The van der Waals surface area contributed by atoms with E-state index in [0.717, 1.165) is 31.0 Å². The van der Waals surface area contributed by atoms with Crippen LogP contribution >= 0.6 is 0 Å². The van der Waals surface area contributed by atoms with Gasteiger partial charge in [-0.3, -0.25) is 0 Å². The number of benzene rings is 1. The maximum Gasteiger partial charge on any atom is 0.231 e. The lowest BCUT2D eigenvalue weighted by Gasteiger charge is -2.25. The number of piperidine rings is 1. The summed E-state index contributed by atoms with van der Waals surface area (Å²) < 4.78 is 11.1. The second kappa shape index (κ2) is 4.57. The summed E-state index contributed by atoms with van der Waals surface area (Å²) in [4.78, 5) is 0. The van der Waals surface area contributed by atoms with Gasteiger partial charge in [-0.25, -0.2) is 0 Å². The van der Waals surface area contributed by atoms with E-state index in [2.05, 4.69) is 24.4 Å². The summed E-state index contributed by atoms with van der Waals surface area (Å²) in [5.41, 5.74) is 2.79. The van der Waals surface area contributed by atoms with Crippen LogP contribution in [0.25, 0.3) is 0 Å². The van der Waals surface area contributed by atoms with Crippen LogP contribution in [-0.2, 0) is 6.42 Å². The van der Waals surface area contributed by atoms with Gasteiger partial charge in [0.1, 0.15) is 0 Å². The first-order chi connectivity index (χ1) is 8.40. The summed E-state index contributed by atoms with van der Waals surface area (Å²) in [6.07, 6.45) is 3.56. The van der Waals surface area contributed by atoms with Crippen molar-refractivity contribution in [1.29, 1.82) is 0 Å². The van der Waals surface area contributed by atoms with Crippen molar-refractivity contribution in [2.45, 2.75) is 32.1 Å². The molecule has 3 rings (SSSR count). The Morgan fingerprint density at radius 2 is 2.29 bits per heavy atom. The zero-order valence-electron chi connectivity index (χ0n) is 10.3. The Bertz CT molecular complexity index is 411. The Balaban J connectivity index is 1.98. The zero-order chi connectivity index (χ0) is 11.7. The predicted molar refractivity (Wildman–Crippen MR) is 66.8 cm³/mol. The molecule has 17 heavy (non-hydrogen) atoms. The summed E-state index contributed by atoms with van der Waals surface area (Å²) in [7, 11) is 0. The maximum atomic E-state index is 5.61. The molecule has 0 amide bonds. The first-order valence-corrected chi connectivity index (χ1v) is 6.52. The number of hydrogen-bond acceptors (Lipinski definition) is 3. The quantitative estimate of drug-likeness (QED) is 0.851. The molecule has 1 atom stereocenters. The van der Waals surface area contributed by atoms with E-state index in [1.165, 1.54) is 24.0 Å². The highest BCUT2D eigenvalue weighted by molar-refractivity contribution is 5.53. The van der Waals surface area contributed by atoms with E-state index in [0.29, 0.717) is 12.7 Å². The number of hydrogen-bond donors (Lipinski definition) is 1. The predicted octanol–water partition coefficient (Wildman–Crippen LogP) is 2.44. The van der Waals surface area contributed by atoms with Crippen molar-refractivity contribution in [2.24, 2.45) is 0 Å². The number of fused-ring (bicyclic) bond motifs is 1. The van der Waals surface area contributed by atoms with Gasteiger partial charge >= 0.3 is 0 Å². The minimum absolute atomic E-state index is 0.370. The van der Waals surface area contributed by atoms with Crippen LogP contribution in [0.2, 0.25) is 0 Å². The molecule has 0 aromatic heterocycles. The molecule has 2 heterocycles. The minimum Gasteiger partial charge on any atom is -0.454 e. The van der Waals surface area contributed by atoms with Gasteiger partial charge in [0.05, 0.1) is 0 Å². The Kier molecular flexibility index (Phi) is 2.93. The van der Waals surface area contributed by atoms with Crippen LogP contribution in [0, 0.1) is 0 Å². The van der Waals surface area contributed by atoms with Crippen molar-refractivity contribution >= 4 is 0 Å². The molecule has 0 aliphatic carbocycles. The first-order valence-electron chi connectivity index (χ1n) is 6.52. The topological polar surface area (TPSA) is 30.5 Å². The lowest BCUT2D eigenvalue weighted by Crippen LogP contribution is -2.28. The Hall–Kier alpha value is -1.22. The highest BCUT2D eigenvalue weighted by Gasteiger charge is 2.24. The molecule has 92 valence electrons. The van der Waals surface area contributed by atoms with Gasteiger partial charge in [-0.05, 0) is 43.4 Å². The lowest BCUT2D eigenvalue weighted by molar-refractivity contribution is 0.173. The molecule has 3 nitrogen and oxygen atoms in total. The molecule has 2 aliphatic heterocycles. The molecule has 0 saturated carbocycles. The van der Waals surface area contributed by atoms with Crippen LogP contribution in [0.1, 0.15) is 36.8 Å². The highest BCUT2D eigenvalue weighted by Crippen LogP contribution is 2.41. The van der Waals surface area contributed by atoms with Crippen molar-refractivity contribution in [2.75, 3.05) is 19.9 Å². The summed E-state index contributed by atoms with van der Waals surface area (Å²) in [6.45, 7) is 4.81. The number of rotatable bonds is 2. The van der Waals surface area contributed by atoms with E-state index in [1.54, 1.807) is 0 Å². The molecule has 0 radical (unpaired) electrons. The fourth-order valence-electron chi connectivity index (χ4n) is 2.91. The normalized spacial score (nSPS) is 22.8. The van der Waals surface area contributed by atoms with Crippen LogP contribution in [-0.4, -0.2) is 19.9 Å². The second-order valence-electron chi connectivity index (χ2n) is 4.76. The molecule has 0 bridgehead atoms. The summed E-state index contributed by atoms with van der Waals surface area (Å²) in [6, 6.07) is 4.29. The Labute approximate surface area is 102 Å². The van der Waals surface area contributed by atoms with E-state index in [-0.39, 0.29) is 0 Å². The van der Waals surface area contributed by atoms with Crippen molar-refractivity contribution in [3.8, 4) is 11.5 Å². The molecule has 1 aromatic rings. The van der Waals surface area contributed by atoms with Gasteiger partial charge in [0.2, 0.25) is 6.79 Å². The fraction of sp³-hybridized carbons (Fsp3) is 0.571. The van der Waals surface area contributed by atoms with E-state index >= 15 is 0 Å². The summed E-state index contributed by atoms with van der Waals surface area (Å²) in [5, 5.41) is 3.48. The van der Waals surface area contributed by atoms with E-state index in [1.807, 2.05) is 0 Å². The molecule has 1 aromatic carbocycles. The van der Waals surface area contributed by atoms with Gasteiger partial charge in [0, 0.05) is 12.1 Å². The van der Waals surface area contributed by atoms with Crippen LogP contribution in [0.4, 0.5) is 0 Å². The lowest BCUT2D eigenvalue weighted by atomic mass is 9.87. The average Bonchev–Trinajstić information content (AvgIpc) is 2.86. The summed E-state index contributed by atoms with van der Waals surface area (Å²) >= 11 is 0. The van der Waals surface area contributed by atoms with Crippen molar-refractivity contribution < 1.29 is 9.47 Å². The molecule has 3 heteroatoms. The first kappa shape index (κ1) is 10.9. The van der Waals surface area contributed by atoms with Gasteiger partial charge in [-0.1, -0.05) is 13.0 Å². The number of nitrogens with one attached hydrogen (secondary N) is 1. The van der Waals surface area contributed by atoms with Crippen molar-refractivity contribution in [1.82, 2.24) is 5.32 Å². The molecule has 2 aliphatic rings. The third-order valence-electron chi connectivity index (χ3n) is 3.77. The molecule has 1 fully saturated rings.